The van der Waals surface area contributed by atoms with Crippen molar-refractivity contribution in [2.45, 2.75) is 12.6 Å². The van der Waals surface area contributed by atoms with Gasteiger partial charge in [-0.2, -0.15) is 0 Å². The zero-order chi connectivity index (χ0) is 12.1. The van der Waals surface area contributed by atoms with Crippen molar-refractivity contribution in [3.05, 3.63) is 35.9 Å². The van der Waals surface area contributed by atoms with E-state index in [2.05, 4.69) is 17.4 Å². The van der Waals surface area contributed by atoms with Gasteiger partial charge in [0.2, 0.25) is 0 Å². The number of rotatable bonds is 4. The Morgan fingerprint density at radius 2 is 2.18 bits per heavy atom. The van der Waals surface area contributed by atoms with E-state index in [1.807, 2.05) is 18.2 Å². The van der Waals surface area contributed by atoms with Gasteiger partial charge in [-0.05, 0) is 5.56 Å². The molecule has 2 rings (SSSR count). The Kier molecular flexibility index (Phi) is 4.12. The van der Waals surface area contributed by atoms with Crippen LogP contribution in [0.2, 0.25) is 0 Å². The molecule has 0 aromatic heterocycles. The van der Waals surface area contributed by atoms with Crippen molar-refractivity contribution in [3.63, 3.8) is 0 Å². The van der Waals surface area contributed by atoms with Crippen molar-refractivity contribution in [1.29, 1.82) is 0 Å². The second-order valence-corrected chi connectivity index (χ2v) is 4.14. The zero-order valence-corrected chi connectivity index (χ0v) is 9.89. The third kappa shape index (κ3) is 3.05. The summed E-state index contributed by atoms with van der Waals surface area (Å²) >= 11 is 0. The van der Waals surface area contributed by atoms with E-state index in [0.717, 1.165) is 6.54 Å². The van der Waals surface area contributed by atoms with Gasteiger partial charge in [0.1, 0.15) is 0 Å². The lowest BCUT2D eigenvalue weighted by Gasteiger charge is -2.17. The predicted octanol–water partition coefficient (Wildman–Crippen LogP) is 0.964. The summed E-state index contributed by atoms with van der Waals surface area (Å²) in [5.74, 6) is -0.392. The van der Waals surface area contributed by atoms with Crippen molar-refractivity contribution in [2.24, 2.45) is 5.92 Å². The van der Waals surface area contributed by atoms with Gasteiger partial charge in [0.15, 0.2) is 0 Å². The second kappa shape index (κ2) is 5.80. The van der Waals surface area contributed by atoms with Crippen LogP contribution in [0.5, 0.6) is 0 Å². The highest BCUT2D eigenvalue weighted by Gasteiger charge is 2.34. The summed E-state index contributed by atoms with van der Waals surface area (Å²) in [6, 6.07) is 10.1. The molecule has 1 N–H and O–H groups in total. The van der Waals surface area contributed by atoms with Crippen molar-refractivity contribution in [2.75, 3.05) is 20.3 Å². The van der Waals surface area contributed by atoms with E-state index >= 15 is 0 Å². The van der Waals surface area contributed by atoms with Gasteiger partial charge in [-0.1, -0.05) is 30.3 Å². The van der Waals surface area contributed by atoms with Crippen LogP contribution in [0, 0.1) is 5.92 Å². The Bertz CT molecular complexity index is 366. The van der Waals surface area contributed by atoms with Gasteiger partial charge < -0.3 is 14.8 Å². The fourth-order valence-electron chi connectivity index (χ4n) is 1.98. The predicted molar refractivity (Wildman–Crippen MR) is 63.4 cm³/mol. The first-order valence-corrected chi connectivity index (χ1v) is 5.74. The average molecular weight is 235 g/mol. The summed E-state index contributed by atoms with van der Waals surface area (Å²) in [5.41, 5.74) is 1.20. The third-order valence-corrected chi connectivity index (χ3v) is 3.00. The van der Waals surface area contributed by atoms with Crippen molar-refractivity contribution in [1.82, 2.24) is 5.32 Å². The molecular weight excluding hydrogens is 218 g/mol. The number of benzene rings is 1. The van der Waals surface area contributed by atoms with Crippen LogP contribution in [0.1, 0.15) is 5.56 Å². The molecular formula is C13H17NO3. The van der Waals surface area contributed by atoms with Crippen molar-refractivity contribution in [3.8, 4) is 0 Å². The Balaban J connectivity index is 1.88. The molecule has 17 heavy (non-hydrogen) atoms. The van der Waals surface area contributed by atoms with Crippen LogP contribution in [-0.2, 0) is 20.8 Å². The molecule has 1 fully saturated rings. The summed E-state index contributed by atoms with van der Waals surface area (Å²) in [7, 11) is 1.41. The van der Waals surface area contributed by atoms with Crippen LogP contribution >= 0.6 is 0 Å². The second-order valence-electron chi connectivity index (χ2n) is 4.14. The van der Waals surface area contributed by atoms with Gasteiger partial charge in [0.05, 0.1) is 26.2 Å². The topological polar surface area (TPSA) is 47.6 Å². The number of nitrogens with one attached hydrogen (secondary N) is 1. The van der Waals surface area contributed by atoms with Gasteiger partial charge in [-0.15, -0.1) is 0 Å². The molecule has 0 saturated carbocycles. The average Bonchev–Trinajstić information content (AvgIpc) is 2.85. The smallest absolute Gasteiger partial charge is 0.312 e. The van der Waals surface area contributed by atoms with E-state index in [9.17, 15) is 4.79 Å². The highest BCUT2D eigenvalue weighted by Crippen LogP contribution is 2.15. The molecule has 1 heterocycles. The largest absolute Gasteiger partial charge is 0.469 e. The molecule has 1 aromatic carbocycles. The Labute approximate surface area is 101 Å². The maximum atomic E-state index is 11.5. The molecule has 1 aliphatic heterocycles. The van der Waals surface area contributed by atoms with Crippen LogP contribution in [0.25, 0.3) is 0 Å². The molecule has 4 nitrogen and oxygen atoms in total. The van der Waals surface area contributed by atoms with Crippen molar-refractivity contribution >= 4 is 5.97 Å². The lowest BCUT2D eigenvalue weighted by atomic mass is 10.0. The molecule has 0 aliphatic carbocycles. The SMILES string of the molecule is COC(=O)[C@@H]1COC[C@H]1NCc1ccccc1. The lowest BCUT2D eigenvalue weighted by molar-refractivity contribution is -0.145. The molecule has 1 aliphatic rings. The highest BCUT2D eigenvalue weighted by atomic mass is 16.5. The fraction of sp³-hybridized carbons (Fsp3) is 0.462. The molecule has 0 bridgehead atoms. The van der Waals surface area contributed by atoms with E-state index in [1.165, 1.54) is 12.7 Å². The highest BCUT2D eigenvalue weighted by molar-refractivity contribution is 5.73. The van der Waals surface area contributed by atoms with Gasteiger partial charge in [-0.25, -0.2) is 0 Å². The molecule has 0 amide bonds. The molecule has 92 valence electrons. The standard InChI is InChI=1S/C13H17NO3/c1-16-13(15)11-8-17-9-12(11)14-7-10-5-3-2-4-6-10/h2-6,11-12,14H,7-9H2,1H3/t11-,12-/m1/s1. The van der Waals surface area contributed by atoms with Gasteiger partial charge in [0.25, 0.3) is 0 Å². The van der Waals surface area contributed by atoms with Crippen LogP contribution < -0.4 is 5.32 Å². The van der Waals surface area contributed by atoms with Gasteiger partial charge >= 0.3 is 5.97 Å². The maximum absolute atomic E-state index is 11.5. The van der Waals surface area contributed by atoms with E-state index in [4.69, 9.17) is 9.47 Å². The van der Waals surface area contributed by atoms with E-state index in [-0.39, 0.29) is 17.9 Å². The third-order valence-electron chi connectivity index (χ3n) is 3.00. The molecule has 0 radical (unpaired) electrons. The minimum atomic E-state index is -0.201. The molecule has 1 aromatic rings. The van der Waals surface area contributed by atoms with Gasteiger partial charge in [-0.3, -0.25) is 4.79 Å². The molecule has 2 atom stereocenters. The Morgan fingerprint density at radius 3 is 2.88 bits per heavy atom. The fourth-order valence-corrected chi connectivity index (χ4v) is 1.98. The summed E-state index contributed by atoms with van der Waals surface area (Å²) in [5, 5.41) is 3.34. The molecule has 0 spiro atoms. The quantitative estimate of drug-likeness (QED) is 0.790. The monoisotopic (exact) mass is 235 g/mol. The molecule has 1 saturated heterocycles. The van der Waals surface area contributed by atoms with Crippen LogP contribution in [0.3, 0.4) is 0 Å². The number of esters is 1. The minimum Gasteiger partial charge on any atom is -0.469 e. The number of hydrogen-bond acceptors (Lipinski definition) is 4. The van der Waals surface area contributed by atoms with Gasteiger partial charge in [0, 0.05) is 12.6 Å². The first kappa shape index (κ1) is 12.1. The normalized spacial score (nSPS) is 23.6. The zero-order valence-electron chi connectivity index (χ0n) is 9.89. The molecule has 4 heteroatoms. The van der Waals surface area contributed by atoms with Crippen LogP contribution in [0.4, 0.5) is 0 Å². The number of hydrogen-bond donors (Lipinski definition) is 1. The Morgan fingerprint density at radius 1 is 1.41 bits per heavy atom. The first-order valence-electron chi connectivity index (χ1n) is 5.74. The summed E-state index contributed by atoms with van der Waals surface area (Å²) in [4.78, 5) is 11.5. The number of carbonyl (C=O) groups excluding carboxylic acids is 1. The van der Waals surface area contributed by atoms with E-state index in [0.29, 0.717) is 13.2 Å². The summed E-state index contributed by atoms with van der Waals surface area (Å²) in [6.45, 7) is 1.74. The van der Waals surface area contributed by atoms with E-state index < -0.39 is 0 Å². The summed E-state index contributed by atoms with van der Waals surface area (Å²) < 4.78 is 10.1. The first-order chi connectivity index (χ1) is 8.31. The van der Waals surface area contributed by atoms with Crippen LogP contribution in [-0.4, -0.2) is 32.3 Å². The van der Waals surface area contributed by atoms with E-state index in [1.54, 1.807) is 0 Å². The maximum Gasteiger partial charge on any atom is 0.312 e. The van der Waals surface area contributed by atoms with Crippen LogP contribution in [0.15, 0.2) is 30.3 Å². The Hall–Kier alpha value is -1.39. The number of carbonyl (C=O) groups is 1. The minimum absolute atomic E-state index is 0.0441. The number of ether oxygens (including phenoxy) is 2. The molecule has 0 unspecified atom stereocenters. The lowest BCUT2D eigenvalue weighted by Crippen LogP contribution is -2.39. The summed E-state index contributed by atoms with van der Waals surface area (Å²) in [6.07, 6.45) is 0. The number of methoxy groups -OCH3 is 1. The van der Waals surface area contributed by atoms with Crippen molar-refractivity contribution < 1.29 is 14.3 Å².